The average molecular weight is 287 g/mol. The largest absolute Gasteiger partial charge is 0.291 e. The molecule has 0 amide bonds. The van der Waals surface area contributed by atoms with E-state index in [9.17, 15) is 14.9 Å². The predicted molar refractivity (Wildman–Crippen MR) is 72.8 cm³/mol. The van der Waals surface area contributed by atoms with Crippen molar-refractivity contribution < 1.29 is 9.72 Å². The number of pyridine rings is 1. The fourth-order valence-electron chi connectivity index (χ4n) is 1.22. The number of aromatic nitrogens is 1. The highest BCUT2D eigenvalue weighted by Crippen LogP contribution is 2.24. The molecule has 0 N–H and O–H groups in total. The van der Waals surface area contributed by atoms with Gasteiger partial charge in [-0.3, -0.25) is 14.9 Å². The summed E-state index contributed by atoms with van der Waals surface area (Å²) in [7, 11) is 0. The molecule has 0 atom stereocenters. The van der Waals surface area contributed by atoms with E-state index in [0.29, 0.717) is 11.3 Å². The fraction of sp³-hybridized carbons (Fsp3) is 0.273. The van der Waals surface area contributed by atoms with Crippen molar-refractivity contribution in [2.75, 3.05) is 5.75 Å². The zero-order valence-corrected chi connectivity index (χ0v) is 11.4. The Morgan fingerprint density at radius 3 is 2.89 bits per heavy atom. The smallest absolute Gasteiger partial charge is 0.288 e. The van der Waals surface area contributed by atoms with Gasteiger partial charge in [0.2, 0.25) is 0 Å². The highest BCUT2D eigenvalue weighted by atomic mass is 35.5. The summed E-state index contributed by atoms with van der Waals surface area (Å²) < 4.78 is 0. The zero-order chi connectivity index (χ0) is 13.7. The van der Waals surface area contributed by atoms with Crippen LogP contribution in [-0.2, 0) is 4.79 Å². The number of rotatable bonds is 4. The van der Waals surface area contributed by atoms with Crippen LogP contribution in [0, 0.1) is 17.0 Å². The monoisotopic (exact) mass is 286 g/mol. The minimum atomic E-state index is -0.500. The number of carbonyl (C=O) groups excluding carboxylic acids is 1. The molecule has 5 nitrogen and oxygen atoms in total. The van der Waals surface area contributed by atoms with Gasteiger partial charge in [0.1, 0.15) is 10.8 Å². The van der Waals surface area contributed by atoms with Crippen LogP contribution in [0.5, 0.6) is 0 Å². The molecule has 0 radical (unpaired) electrons. The van der Waals surface area contributed by atoms with Crippen molar-refractivity contribution in [2.45, 2.75) is 13.8 Å². The summed E-state index contributed by atoms with van der Waals surface area (Å²) in [4.78, 5) is 24.9. The van der Waals surface area contributed by atoms with Gasteiger partial charge in [0.25, 0.3) is 5.69 Å². The van der Waals surface area contributed by atoms with Crippen LogP contribution in [0.1, 0.15) is 18.2 Å². The molecule has 1 rings (SSSR count). The van der Waals surface area contributed by atoms with Gasteiger partial charge in [-0.25, -0.2) is 4.98 Å². The van der Waals surface area contributed by atoms with Crippen LogP contribution >= 0.6 is 23.4 Å². The number of carbonyl (C=O) groups is 1. The minimum Gasteiger partial charge on any atom is -0.288 e. The molecular weight excluding hydrogens is 276 g/mol. The molecule has 96 valence electrons. The van der Waals surface area contributed by atoms with Gasteiger partial charge < -0.3 is 0 Å². The van der Waals surface area contributed by atoms with Gasteiger partial charge in [0.05, 0.1) is 4.92 Å². The van der Waals surface area contributed by atoms with Gasteiger partial charge in [0, 0.05) is 24.3 Å². The van der Waals surface area contributed by atoms with Crippen molar-refractivity contribution >= 4 is 40.2 Å². The van der Waals surface area contributed by atoms with E-state index in [1.807, 2.05) is 0 Å². The van der Waals surface area contributed by atoms with E-state index < -0.39 is 4.92 Å². The van der Waals surface area contributed by atoms with Crippen LogP contribution < -0.4 is 0 Å². The van der Waals surface area contributed by atoms with Crippen molar-refractivity contribution in [3.05, 3.63) is 38.7 Å². The predicted octanol–water partition coefficient (Wildman–Crippen LogP) is 3.24. The molecule has 1 heterocycles. The molecule has 0 aliphatic carbocycles. The van der Waals surface area contributed by atoms with Crippen molar-refractivity contribution in [1.82, 2.24) is 4.98 Å². The Morgan fingerprint density at radius 1 is 1.67 bits per heavy atom. The SMILES string of the molecule is CC(=O)SCC=Cc1cc([N+](=O)[O-])c(C)nc1Cl. The van der Waals surface area contributed by atoms with E-state index >= 15 is 0 Å². The lowest BCUT2D eigenvalue weighted by atomic mass is 10.2. The Balaban J connectivity index is 2.92. The molecule has 0 bridgehead atoms. The molecule has 0 aromatic carbocycles. The zero-order valence-electron chi connectivity index (χ0n) is 9.84. The molecule has 0 aliphatic rings. The molecule has 0 saturated heterocycles. The Morgan fingerprint density at radius 2 is 2.33 bits per heavy atom. The molecule has 18 heavy (non-hydrogen) atoms. The first kappa shape index (κ1) is 14.7. The number of hydrogen-bond donors (Lipinski definition) is 0. The summed E-state index contributed by atoms with van der Waals surface area (Å²) >= 11 is 7.04. The van der Waals surface area contributed by atoms with Gasteiger partial charge in [-0.05, 0) is 6.92 Å². The van der Waals surface area contributed by atoms with E-state index in [2.05, 4.69) is 4.98 Å². The van der Waals surface area contributed by atoms with Gasteiger partial charge >= 0.3 is 0 Å². The molecule has 0 saturated carbocycles. The third-order valence-corrected chi connectivity index (χ3v) is 3.11. The maximum Gasteiger partial charge on any atom is 0.291 e. The van der Waals surface area contributed by atoms with Gasteiger partial charge in [-0.2, -0.15) is 0 Å². The standard InChI is InChI=1S/C11H11ClN2O3S/c1-7-10(14(16)17)6-9(11(12)13-7)4-3-5-18-8(2)15/h3-4,6H,5H2,1-2H3. The first-order valence-corrected chi connectivity index (χ1v) is 6.39. The van der Waals surface area contributed by atoms with E-state index in [1.54, 1.807) is 12.2 Å². The second-order valence-electron chi connectivity index (χ2n) is 3.44. The summed E-state index contributed by atoms with van der Waals surface area (Å²) in [6, 6.07) is 1.37. The molecule has 0 spiro atoms. The number of aryl methyl sites for hydroxylation is 1. The Bertz CT molecular complexity index is 517. The summed E-state index contributed by atoms with van der Waals surface area (Å²) in [5.41, 5.74) is 0.677. The number of halogens is 1. The molecular formula is C11H11ClN2O3S. The third kappa shape index (κ3) is 4.12. The van der Waals surface area contributed by atoms with Gasteiger partial charge in [-0.1, -0.05) is 35.5 Å². The van der Waals surface area contributed by atoms with Crippen LogP contribution in [0.2, 0.25) is 5.15 Å². The van der Waals surface area contributed by atoms with Crippen molar-refractivity contribution in [2.24, 2.45) is 0 Å². The van der Waals surface area contributed by atoms with Gasteiger partial charge in [-0.15, -0.1) is 0 Å². The summed E-state index contributed by atoms with van der Waals surface area (Å²) in [5.74, 6) is 0.493. The van der Waals surface area contributed by atoms with Crippen molar-refractivity contribution in [3.8, 4) is 0 Å². The lowest BCUT2D eigenvalue weighted by molar-refractivity contribution is -0.385. The molecule has 1 aromatic rings. The summed E-state index contributed by atoms with van der Waals surface area (Å²) in [5, 5.41) is 11.0. The van der Waals surface area contributed by atoms with E-state index in [0.717, 1.165) is 11.8 Å². The van der Waals surface area contributed by atoms with E-state index in [-0.39, 0.29) is 21.6 Å². The quantitative estimate of drug-likeness (QED) is 0.482. The lowest BCUT2D eigenvalue weighted by Gasteiger charge is -2.01. The third-order valence-electron chi connectivity index (χ3n) is 2.04. The second kappa shape index (κ2) is 6.51. The van der Waals surface area contributed by atoms with Crippen LogP contribution in [0.25, 0.3) is 6.08 Å². The maximum atomic E-state index is 10.8. The highest BCUT2D eigenvalue weighted by Gasteiger charge is 2.14. The minimum absolute atomic E-state index is 0.0127. The molecule has 0 aliphatic heterocycles. The number of thioether (sulfide) groups is 1. The van der Waals surface area contributed by atoms with Gasteiger partial charge in [0.15, 0.2) is 5.12 Å². The number of nitrogens with zero attached hydrogens (tertiary/aromatic N) is 2. The van der Waals surface area contributed by atoms with Crippen molar-refractivity contribution in [3.63, 3.8) is 0 Å². The summed E-state index contributed by atoms with van der Waals surface area (Å²) in [6.07, 6.45) is 3.34. The van der Waals surface area contributed by atoms with E-state index in [4.69, 9.17) is 11.6 Å². The van der Waals surface area contributed by atoms with Crippen molar-refractivity contribution in [1.29, 1.82) is 0 Å². The van der Waals surface area contributed by atoms with Crippen LogP contribution in [0.3, 0.4) is 0 Å². The lowest BCUT2D eigenvalue weighted by Crippen LogP contribution is -1.96. The molecule has 0 unspecified atom stereocenters. The first-order valence-electron chi connectivity index (χ1n) is 5.03. The Hall–Kier alpha value is -1.40. The first-order chi connectivity index (χ1) is 8.41. The summed E-state index contributed by atoms with van der Waals surface area (Å²) in [6.45, 7) is 3.01. The number of nitro groups is 1. The molecule has 1 aromatic heterocycles. The maximum absolute atomic E-state index is 10.8. The Kier molecular flexibility index (Phi) is 5.30. The topological polar surface area (TPSA) is 73.1 Å². The molecule has 7 heteroatoms. The molecule has 0 fully saturated rings. The second-order valence-corrected chi connectivity index (χ2v) is 4.99. The van der Waals surface area contributed by atoms with Crippen LogP contribution in [-0.4, -0.2) is 20.8 Å². The van der Waals surface area contributed by atoms with Crippen LogP contribution in [0.15, 0.2) is 12.1 Å². The Labute approximate surface area is 113 Å². The fourth-order valence-corrected chi connectivity index (χ4v) is 1.89. The van der Waals surface area contributed by atoms with E-state index in [1.165, 1.54) is 19.9 Å². The van der Waals surface area contributed by atoms with Crippen LogP contribution in [0.4, 0.5) is 5.69 Å². The number of hydrogen-bond acceptors (Lipinski definition) is 5. The normalized spacial score (nSPS) is 10.8. The highest BCUT2D eigenvalue weighted by molar-refractivity contribution is 8.13. The average Bonchev–Trinajstić information content (AvgIpc) is 2.25.